The number of anilines is 2. The summed E-state index contributed by atoms with van der Waals surface area (Å²) in [5.74, 6) is 0.481. The number of hydrogen-bond donors (Lipinski definition) is 1. The van der Waals surface area contributed by atoms with Gasteiger partial charge in [0.05, 0.1) is 24.7 Å². The van der Waals surface area contributed by atoms with Crippen LogP contribution in [0.3, 0.4) is 0 Å². The third-order valence-electron chi connectivity index (χ3n) is 3.51. The number of para-hydroxylation sites is 1. The summed E-state index contributed by atoms with van der Waals surface area (Å²) in [5.41, 5.74) is 2.35. The highest BCUT2D eigenvalue weighted by Crippen LogP contribution is 2.22. The Balaban J connectivity index is 1.65. The minimum absolute atomic E-state index is 0.227. The molecule has 0 saturated heterocycles. The van der Waals surface area contributed by atoms with Crippen LogP contribution >= 0.6 is 0 Å². The molecule has 0 aliphatic heterocycles. The van der Waals surface area contributed by atoms with Crippen molar-refractivity contribution in [2.24, 2.45) is 0 Å². The van der Waals surface area contributed by atoms with Crippen molar-refractivity contribution in [2.75, 3.05) is 11.9 Å². The minimum atomic E-state index is -0.227. The van der Waals surface area contributed by atoms with Crippen molar-refractivity contribution in [1.82, 2.24) is 10.3 Å². The highest BCUT2D eigenvalue weighted by Gasteiger charge is 2.09. The summed E-state index contributed by atoms with van der Waals surface area (Å²) < 4.78 is 5.18. The maximum absolute atomic E-state index is 12.1. The Morgan fingerprint density at radius 1 is 1.09 bits per heavy atom. The van der Waals surface area contributed by atoms with E-state index in [1.54, 1.807) is 24.6 Å². The number of nitrogens with zero attached hydrogens (tertiary/aromatic N) is 2. The second-order valence-corrected chi connectivity index (χ2v) is 5.06. The van der Waals surface area contributed by atoms with Gasteiger partial charge < -0.3 is 14.6 Å². The number of carbonyl (C=O) groups excluding carboxylic acids is 1. The van der Waals surface area contributed by atoms with Gasteiger partial charge in [0.25, 0.3) is 5.91 Å². The molecule has 0 aliphatic carbocycles. The number of furan rings is 1. The van der Waals surface area contributed by atoms with E-state index in [4.69, 9.17) is 4.42 Å². The lowest BCUT2D eigenvalue weighted by Gasteiger charge is -2.19. The topological polar surface area (TPSA) is 58.4 Å². The lowest BCUT2D eigenvalue weighted by molar-refractivity contribution is 0.0943. The average Bonchev–Trinajstić information content (AvgIpc) is 3.13. The standard InChI is InChI=1S/C18H17N3O2/c1-21(14-6-3-2-4-7-14)15-9-10-17(19-12-15)18(22)20-13-16-8-5-11-23-16/h2-12H,13H2,1H3,(H,20,22). The van der Waals surface area contributed by atoms with Gasteiger partial charge in [-0.15, -0.1) is 0 Å². The van der Waals surface area contributed by atoms with Gasteiger partial charge in [0.1, 0.15) is 11.5 Å². The van der Waals surface area contributed by atoms with Gasteiger partial charge in [0, 0.05) is 12.7 Å². The fraction of sp³-hybridized carbons (Fsp3) is 0.111. The van der Waals surface area contributed by atoms with Crippen molar-refractivity contribution in [3.63, 3.8) is 0 Å². The molecule has 0 aliphatic rings. The fourth-order valence-corrected chi connectivity index (χ4v) is 2.19. The number of aromatic nitrogens is 1. The Morgan fingerprint density at radius 3 is 2.57 bits per heavy atom. The van der Waals surface area contributed by atoms with E-state index in [0.717, 1.165) is 11.4 Å². The molecule has 2 heterocycles. The van der Waals surface area contributed by atoms with E-state index >= 15 is 0 Å². The number of amides is 1. The first-order valence-electron chi connectivity index (χ1n) is 7.29. The largest absolute Gasteiger partial charge is 0.467 e. The van der Waals surface area contributed by atoms with Gasteiger partial charge in [-0.25, -0.2) is 4.98 Å². The van der Waals surface area contributed by atoms with Gasteiger partial charge in [-0.1, -0.05) is 18.2 Å². The van der Waals surface area contributed by atoms with E-state index in [1.807, 2.05) is 54.4 Å². The second-order valence-electron chi connectivity index (χ2n) is 5.06. The van der Waals surface area contributed by atoms with Crippen LogP contribution in [-0.2, 0) is 6.54 Å². The van der Waals surface area contributed by atoms with Crippen LogP contribution in [-0.4, -0.2) is 17.9 Å². The first kappa shape index (κ1) is 14.8. The summed E-state index contributed by atoms with van der Waals surface area (Å²) >= 11 is 0. The van der Waals surface area contributed by atoms with Crippen molar-refractivity contribution in [3.05, 3.63) is 78.5 Å². The molecule has 0 atom stereocenters. The van der Waals surface area contributed by atoms with Gasteiger partial charge in [-0.3, -0.25) is 4.79 Å². The van der Waals surface area contributed by atoms with E-state index < -0.39 is 0 Å². The second kappa shape index (κ2) is 6.79. The molecule has 116 valence electrons. The van der Waals surface area contributed by atoms with E-state index in [1.165, 1.54) is 0 Å². The zero-order valence-electron chi connectivity index (χ0n) is 12.8. The molecule has 0 saturated carbocycles. The Morgan fingerprint density at radius 2 is 1.91 bits per heavy atom. The first-order chi connectivity index (χ1) is 11.2. The van der Waals surface area contributed by atoms with E-state index in [-0.39, 0.29) is 5.91 Å². The van der Waals surface area contributed by atoms with Gasteiger partial charge >= 0.3 is 0 Å². The molecule has 0 unspecified atom stereocenters. The summed E-state index contributed by atoms with van der Waals surface area (Å²) in [6, 6.07) is 17.2. The molecule has 1 amide bonds. The highest BCUT2D eigenvalue weighted by molar-refractivity contribution is 5.92. The Bertz CT molecular complexity index is 753. The lowest BCUT2D eigenvalue weighted by Crippen LogP contribution is -2.23. The Kier molecular flexibility index (Phi) is 4.38. The van der Waals surface area contributed by atoms with E-state index in [2.05, 4.69) is 10.3 Å². The van der Waals surface area contributed by atoms with Crippen molar-refractivity contribution in [2.45, 2.75) is 6.54 Å². The minimum Gasteiger partial charge on any atom is -0.467 e. The van der Waals surface area contributed by atoms with E-state index in [9.17, 15) is 4.79 Å². The Labute approximate surface area is 134 Å². The molecule has 0 bridgehead atoms. The third kappa shape index (κ3) is 3.58. The van der Waals surface area contributed by atoms with Crippen LogP contribution < -0.4 is 10.2 Å². The third-order valence-corrected chi connectivity index (χ3v) is 3.51. The molecule has 0 spiro atoms. The molecular weight excluding hydrogens is 290 g/mol. The molecule has 1 aromatic carbocycles. The molecule has 23 heavy (non-hydrogen) atoms. The quantitative estimate of drug-likeness (QED) is 0.785. The predicted molar refractivity (Wildman–Crippen MR) is 88.6 cm³/mol. The monoisotopic (exact) mass is 307 g/mol. The normalized spacial score (nSPS) is 10.3. The van der Waals surface area contributed by atoms with Crippen LogP contribution in [0.25, 0.3) is 0 Å². The van der Waals surface area contributed by atoms with Crippen LogP contribution in [0.2, 0.25) is 0 Å². The van der Waals surface area contributed by atoms with E-state index in [0.29, 0.717) is 18.0 Å². The zero-order valence-corrected chi connectivity index (χ0v) is 12.8. The highest BCUT2D eigenvalue weighted by atomic mass is 16.3. The number of benzene rings is 1. The maximum atomic E-state index is 12.1. The number of pyridine rings is 1. The molecule has 2 aromatic heterocycles. The van der Waals surface area contributed by atoms with Crippen molar-refractivity contribution >= 4 is 17.3 Å². The van der Waals surface area contributed by atoms with Crippen molar-refractivity contribution < 1.29 is 9.21 Å². The Hall–Kier alpha value is -3.08. The van der Waals surface area contributed by atoms with Crippen LogP contribution in [0.4, 0.5) is 11.4 Å². The summed E-state index contributed by atoms with van der Waals surface area (Å²) in [4.78, 5) is 18.3. The van der Waals surface area contributed by atoms with Gasteiger partial charge in [-0.05, 0) is 36.4 Å². The van der Waals surface area contributed by atoms with Crippen LogP contribution in [0, 0.1) is 0 Å². The maximum Gasteiger partial charge on any atom is 0.270 e. The number of nitrogens with one attached hydrogen (secondary N) is 1. The molecule has 1 N–H and O–H groups in total. The van der Waals surface area contributed by atoms with Crippen molar-refractivity contribution in [3.8, 4) is 0 Å². The summed E-state index contributed by atoms with van der Waals surface area (Å²) in [5, 5.41) is 2.77. The van der Waals surface area contributed by atoms with Gasteiger partial charge in [0.2, 0.25) is 0 Å². The number of carbonyl (C=O) groups is 1. The summed E-state index contributed by atoms with van der Waals surface area (Å²) in [6.45, 7) is 0.346. The molecule has 3 aromatic rings. The van der Waals surface area contributed by atoms with Crippen LogP contribution in [0.5, 0.6) is 0 Å². The van der Waals surface area contributed by atoms with Crippen LogP contribution in [0.15, 0.2) is 71.5 Å². The van der Waals surface area contributed by atoms with Crippen LogP contribution in [0.1, 0.15) is 16.2 Å². The number of hydrogen-bond acceptors (Lipinski definition) is 4. The molecule has 0 radical (unpaired) electrons. The molecular formula is C18H17N3O2. The number of rotatable bonds is 5. The lowest BCUT2D eigenvalue weighted by atomic mass is 10.2. The summed E-state index contributed by atoms with van der Waals surface area (Å²) in [6.07, 6.45) is 3.27. The first-order valence-corrected chi connectivity index (χ1v) is 7.29. The van der Waals surface area contributed by atoms with Gasteiger partial charge in [0.15, 0.2) is 0 Å². The summed E-state index contributed by atoms with van der Waals surface area (Å²) in [7, 11) is 1.96. The molecule has 5 nitrogen and oxygen atoms in total. The fourth-order valence-electron chi connectivity index (χ4n) is 2.19. The SMILES string of the molecule is CN(c1ccccc1)c1ccc(C(=O)NCc2ccco2)nc1. The van der Waals surface area contributed by atoms with Gasteiger partial charge in [-0.2, -0.15) is 0 Å². The average molecular weight is 307 g/mol. The zero-order chi connectivity index (χ0) is 16.1. The predicted octanol–water partition coefficient (Wildman–Crippen LogP) is 3.37. The van der Waals surface area contributed by atoms with Crippen molar-refractivity contribution in [1.29, 1.82) is 0 Å². The molecule has 3 rings (SSSR count). The smallest absolute Gasteiger partial charge is 0.270 e. The molecule has 5 heteroatoms. The molecule has 0 fully saturated rings.